The maximum absolute atomic E-state index is 13.6. The molecule has 0 radical (unpaired) electrons. The number of benzene rings is 1. The van der Waals surface area contributed by atoms with Gasteiger partial charge in [-0.1, -0.05) is 0 Å². The maximum atomic E-state index is 13.6. The van der Waals surface area contributed by atoms with E-state index < -0.39 is 12.0 Å². The fraction of sp³-hybridized carbons (Fsp3) is 0.333. The van der Waals surface area contributed by atoms with Crippen LogP contribution in [0.2, 0.25) is 0 Å². The van der Waals surface area contributed by atoms with E-state index in [0.29, 0.717) is 65.4 Å². The molecule has 2 amide bonds. The standard InChI is InChI=1S/C21H26FN5O4/c1-11-17(10-15-14-9-13(22)3-4-16(14)26-20(15)29)25-12(2)19(11)21(30)24-8-7-23-6-5-18(28)27-31/h3-4,9-10,18,23,25,27-28,31H,5-8H2,1-2H3,(H,24,30)(H,26,29)/b15-10-. The second kappa shape index (κ2) is 9.84. The van der Waals surface area contributed by atoms with Crippen molar-refractivity contribution in [1.82, 2.24) is 21.1 Å². The van der Waals surface area contributed by atoms with Crippen LogP contribution in [0.15, 0.2) is 18.2 Å². The first-order valence-corrected chi connectivity index (χ1v) is 9.90. The van der Waals surface area contributed by atoms with Crippen molar-refractivity contribution in [1.29, 1.82) is 0 Å². The summed E-state index contributed by atoms with van der Waals surface area (Å²) in [4.78, 5) is 28.1. The van der Waals surface area contributed by atoms with Gasteiger partial charge in [-0.25, -0.2) is 4.39 Å². The van der Waals surface area contributed by atoms with Gasteiger partial charge in [0.05, 0.1) is 11.1 Å². The number of aliphatic hydroxyl groups excluding tert-OH is 1. The number of nitrogens with one attached hydrogen (secondary N) is 5. The zero-order valence-electron chi connectivity index (χ0n) is 17.3. The van der Waals surface area contributed by atoms with Crippen molar-refractivity contribution in [3.8, 4) is 0 Å². The Morgan fingerprint density at radius 3 is 2.77 bits per heavy atom. The first kappa shape index (κ1) is 22.6. The second-order valence-corrected chi connectivity index (χ2v) is 7.31. The fourth-order valence-electron chi connectivity index (χ4n) is 3.49. The molecule has 2 heterocycles. The summed E-state index contributed by atoms with van der Waals surface area (Å²) in [6.45, 7) is 4.89. The summed E-state index contributed by atoms with van der Waals surface area (Å²) in [6, 6.07) is 4.11. The van der Waals surface area contributed by atoms with E-state index in [1.165, 1.54) is 18.2 Å². The van der Waals surface area contributed by atoms with Crippen molar-refractivity contribution >= 4 is 29.2 Å². The Morgan fingerprint density at radius 2 is 2.03 bits per heavy atom. The van der Waals surface area contributed by atoms with Crippen LogP contribution in [-0.4, -0.2) is 53.0 Å². The predicted octanol–water partition coefficient (Wildman–Crippen LogP) is 1.27. The first-order valence-electron chi connectivity index (χ1n) is 9.90. The fourth-order valence-corrected chi connectivity index (χ4v) is 3.49. The SMILES string of the molecule is Cc1[nH]c(/C=C2\C(=O)Nc3ccc(F)cc32)c(C)c1C(=O)NCCNCCC(O)NO. The van der Waals surface area contributed by atoms with Crippen LogP contribution in [0.4, 0.5) is 10.1 Å². The first-order chi connectivity index (χ1) is 14.8. The summed E-state index contributed by atoms with van der Waals surface area (Å²) < 4.78 is 13.6. The smallest absolute Gasteiger partial charge is 0.256 e. The number of hydroxylamine groups is 1. The Morgan fingerprint density at radius 1 is 1.26 bits per heavy atom. The van der Waals surface area contributed by atoms with E-state index in [9.17, 15) is 19.1 Å². The lowest BCUT2D eigenvalue weighted by atomic mass is 10.0. The third-order valence-corrected chi connectivity index (χ3v) is 5.09. The molecule has 1 aliphatic heterocycles. The zero-order chi connectivity index (χ0) is 22.5. The van der Waals surface area contributed by atoms with Crippen LogP contribution in [0, 0.1) is 19.7 Å². The number of halogens is 1. The van der Waals surface area contributed by atoms with Gasteiger partial charge in [0.1, 0.15) is 12.0 Å². The lowest BCUT2D eigenvalue weighted by Gasteiger charge is -2.10. The number of hydrogen-bond donors (Lipinski definition) is 7. The van der Waals surface area contributed by atoms with Gasteiger partial charge in [-0.05, 0) is 50.2 Å². The summed E-state index contributed by atoms with van der Waals surface area (Å²) in [5.41, 5.74) is 5.54. The largest absolute Gasteiger partial charge is 0.376 e. The lowest BCUT2D eigenvalue weighted by molar-refractivity contribution is -0.110. The minimum absolute atomic E-state index is 0.253. The van der Waals surface area contributed by atoms with E-state index in [2.05, 4.69) is 20.9 Å². The van der Waals surface area contributed by atoms with Crippen molar-refractivity contribution in [3.63, 3.8) is 0 Å². The lowest BCUT2D eigenvalue weighted by Crippen LogP contribution is -2.35. The van der Waals surface area contributed by atoms with Crippen molar-refractivity contribution in [3.05, 3.63) is 52.1 Å². The molecule has 1 aliphatic rings. The molecule has 10 heteroatoms. The summed E-state index contributed by atoms with van der Waals surface area (Å²) in [7, 11) is 0. The minimum atomic E-state index is -0.995. The van der Waals surface area contributed by atoms with E-state index in [1.807, 2.05) is 0 Å². The summed E-state index contributed by atoms with van der Waals surface area (Å²) in [6.07, 6.45) is 0.950. The summed E-state index contributed by atoms with van der Waals surface area (Å²) >= 11 is 0. The number of rotatable bonds is 9. The molecule has 1 aromatic carbocycles. The normalized spacial score (nSPS) is 15.1. The molecule has 0 bridgehead atoms. The van der Waals surface area contributed by atoms with Crippen LogP contribution in [0.1, 0.15) is 39.3 Å². The summed E-state index contributed by atoms with van der Waals surface area (Å²) in [5, 5.41) is 26.3. The molecule has 166 valence electrons. The molecular formula is C21H26FN5O4. The van der Waals surface area contributed by atoms with Crippen LogP contribution in [0.5, 0.6) is 0 Å². The van der Waals surface area contributed by atoms with Gasteiger partial charge in [0.25, 0.3) is 11.8 Å². The molecule has 2 aromatic rings. The number of carbonyl (C=O) groups excluding carboxylic acids is 2. The van der Waals surface area contributed by atoms with E-state index in [-0.39, 0.29) is 11.8 Å². The molecular weight excluding hydrogens is 405 g/mol. The van der Waals surface area contributed by atoms with Crippen LogP contribution in [-0.2, 0) is 4.79 Å². The molecule has 9 nitrogen and oxygen atoms in total. The van der Waals surface area contributed by atoms with Crippen molar-refractivity contribution in [2.75, 3.05) is 25.0 Å². The highest BCUT2D eigenvalue weighted by atomic mass is 19.1. The average Bonchev–Trinajstić information content (AvgIpc) is 3.19. The number of aryl methyl sites for hydroxylation is 1. The van der Waals surface area contributed by atoms with E-state index in [1.54, 1.807) is 25.4 Å². The van der Waals surface area contributed by atoms with Gasteiger partial charge < -0.3 is 31.2 Å². The third-order valence-electron chi connectivity index (χ3n) is 5.09. The monoisotopic (exact) mass is 431 g/mol. The Kier molecular flexibility index (Phi) is 7.18. The second-order valence-electron chi connectivity index (χ2n) is 7.31. The molecule has 0 fully saturated rings. The maximum Gasteiger partial charge on any atom is 0.256 e. The van der Waals surface area contributed by atoms with Gasteiger partial charge >= 0.3 is 0 Å². The van der Waals surface area contributed by atoms with Crippen molar-refractivity contribution in [2.45, 2.75) is 26.5 Å². The molecule has 0 saturated carbocycles. The van der Waals surface area contributed by atoms with Crippen LogP contribution >= 0.6 is 0 Å². The molecule has 0 aliphatic carbocycles. The molecule has 7 N–H and O–H groups in total. The van der Waals surface area contributed by atoms with Crippen LogP contribution < -0.4 is 21.4 Å². The van der Waals surface area contributed by atoms with Crippen LogP contribution in [0.3, 0.4) is 0 Å². The number of amides is 2. The molecule has 31 heavy (non-hydrogen) atoms. The summed E-state index contributed by atoms with van der Waals surface area (Å²) in [5.74, 6) is -1.01. The number of carbonyl (C=O) groups is 2. The highest BCUT2D eigenvalue weighted by Gasteiger charge is 2.26. The number of aliphatic hydroxyl groups is 1. The third kappa shape index (κ3) is 5.17. The van der Waals surface area contributed by atoms with Gasteiger partial charge in [0, 0.05) is 42.1 Å². The van der Waals surface area contributed by atoms with Crippen molar-refractivity contribution in [2.24, 2.45) is 0 Å². The Bertz CT molecular complexity index is 1020. The topological polar surface area (TPSA) is 139 Å². The van der Waals surface area contributed by atoms with E-state index in [4.69, 9.17) is 5.21 Å². The van der Waals surface area contributed by atoms with Crippen LogP contribution in [0.25, 0.3) is 11.6 Å². The van der Waals surface area contributed by atoms with E-state index >= 15 is 0 Å². The molecule has 1 atom stereocenters. The Hall–Kier alpha value is -3.05. The Labute approximate surface area is 178 Å². The van der Waals surface area contributed by atoms with Gasteiger partial charge in [-0.3, -0.25) is 9.59 Å². The number of hydrogen-bond acceptors (Lipinski definition) is 6. The number of anilines is 1. The number of aromatic amines is 1. The number of aromatic nitrogens is 1. The Balaban J connectivity index is 1.67. The van der Waals surface area contributed by atoms with Gasteiger partial charge in [-0.2, -0.15) is 5.48 Å². The number of H-pyrrole nitrogens is 1. The minimum Gasteiger partial charge on any atom is -0.376 e. The van der Waals surface area contributed by atoms with Gasteiger partial charge in [0.15, 0.2) is 0 Å². The molecule has 1 unspecified atom stereocenters. The predicted molar refractivity (Wildman–Crippen MR) is 114 cm³/mol. The molecule has 0 spiro atoms. The van der Waals surface area contributed by atoms with Crippen molar-refractivity contribution < 1.29 is 24.3 Å². The molecule has 1 aromatic heterocycles. The van der Waals surface area contributed by atoms with E-state index in [0.717, 1.165) is 0 Å². The number of fused-ring (bicyclic) bond motifs is 1. The zero-order valence-corrected chi connectivity index (χ0v) is 17.3. The average molecular weight is 431 g/mol. The quantitative estimate of drug-likeness (QED) is 0.138. The highest BCUT2D eigenvalue weighted by Crippen LogP contribution is 2.34. The highest BCUT2D eigenvalue weighted by molar-refractivity contribution is 6.34. The molecule has 0 saturated heterocycles. The van der Waals surface area contributed by atoms with Gasteiger partial charge in [0.2, 0.25) is 0 Å². The van der Waals surface area contributed by atoms with Gasteiger partial charge in [-0.15, -0.1) is 0 Å². The molecule has 3 rings (SSSR count).